The second kappa shape index (κ2) is 9.02. The summed E-state index contributed by atoms with van der Waals surface area (Å²) in [5, 5.41) is 7.30. The summed E-state index contributed by atoms with van der Waals surface area (Å²) in [4.78, 5) is 30.2. The molecule has 2 fully saturated rings. The number of carbonyl (C=O) groups is 2. The highest BCUT2D eigenvalue weighted by Crippen LogP contribution is 2.37. The first-order valence-electron chi connectivity index (χ1n) is 11.4. The average Bonchev–Trinajstić information content (AvgIpc) is 3.25. The van der Waals surface area contributed by atoms with Gasteiger partial charge in [-0.3, -0.25) is 19.3 Å². The second-order valence-electron chi connectivity index (χ2n) is 9.59. The lowest BCUT2D eigenvalue weighted by Gasteiger charge is -2.41. The SMILES string of the molecule is CC(C)CN1C(=O)N[C@@](Cc2cccc(F)c2)(C2CCN(Cc3cnn(C)c3)CC2)C1=O. The summed E-state index contributed by atoms with van der Waals surface area (Å²) in [6, 6.07) is 6.00. The Morgan fingerprint density at radius 2 is 1.97 bits per heavy atom. The summed E-state index contributed by atoms with van der Waals surface area (Å²) >= 11 is 0. The normalized spacial score (nSPS) is 22.7. The zero-order valence-corrected chi connectivity index (χ0v) is 19.1. The summed E-state index contributed by atoms with van der Waals surface area (Å²) in [5.41, 5.74) is 0.858. The number of hydrogen-bond donors (Lipinski definition) is 1. The van der Waals surface area contributed by atoms with Gasteiger partial charge in [-0.1, -0.05) is 26.0 Å². The quantitative estimate of drug-likeness (QED) is 0.671. The first-order chi connectivity index (χ1) is 15.3. The summed E-state index contributed by atoms with van der Waals surface area (Å²) in [5.74, 6) is -0.341. The number of nitrogens with zero attached hydrogens (tertiary/aromatic N) is 4. The van der Waals surface area contributed by atoms with Crippen LogP contribution in [0.2, 0.25) is 0 Å². The fraction of sp³-hybridized carbons (Fsp3) is 0.542. The predicted molar refractivity (Wildman–Crippen MR) is 119 cm³/mol. The van der Waals surface area contributed by atoms with Crippen LogP contribution in [0.15, 0.2) is 36.7 Å². The smallest absolute Gasteiger partial charge is 0.322 e. The number of hydrogen-bond acceptors (Lipinski definition) is 4. The standard InChI is InChI=1S/C24H32FN5O2/c1-17(2)14-30-22(31)24(27-23(30)32,12-18-5-4-6-21(25)11-18)20-7-9-29(10-8-20)16-19-13-26-28(3)15-19/h4-6,11,13,15,17,20H,7-10,12,14,16H2,1-3H3,(H,27,32)/t24-/m0/s1. The molecule has 3 amide bonds. The summed E-state index contributed by atoms with van der Waals surface area (Å²) < 4.78 is 15.7. The van der Waals surface area contributed by atoms with Crippen LogP contribution in [0.4, 0.5) is 9.18 Å². The van der Waals surface area contributed by atoms with Gasteiger partial charge in [0.2, 0.25) is 0 Å². The van der Waals surface area contributed by atoms with Crippen molar-refractivity contribution in [3.8, 4) is 0 Å². The van der Waals surface area contributed by atoms with Crippen LogP contribution < -0.4 is 5.32 Å². The van der Waals surface area contributed by atoms with Gasteiger partial charge in [0.05, 0.1) is 6.20 Å². The molecule has 1 aromatic carbocycles. The van der Waals surface area contributed by atoms with Crippen molar-refractivity contribution in [2.45, 2.75) is 45.2 Å². The number of piperidine rings is 1. The summed E-state index contributed by atoms with van der Waals surface area (Å²) in [6.07, 6.45) is 5.77. The molecule has 172 valence electrons. The minimum Gasteiger partial charge on any atom is -0.322 e. The highest BCUT2D eigenvalue weighted by Gasteiger charge is 2.55. The number of nitrogens with one attached hydrogen (secondary N) is 1. The van der Waals surface area contributed by atoms with E-state index in [1.165, 1.54) is 17.0 Å². The largest absolute Gasteiger partial charge is 0.325 e. The van der Waals surface area contributed by atoms with Crippen LogP contribution in [0.25, 0.3) is 0 Å². The highest BCUT2D eigenvalue weighted by atomic mass is 19.1. The molecule has 0 saturated carbocycles. The lowest BCUT2D eigenvalue weighted by Crippen LogP contribution is -2.57. The van der Waals surface area contributed by atoms with Crippen molar-refractivity contribution in [2.75, 3.05) is 19.6 Å². The van der Waals surface area contributed by atoms with E-state index in [0.717, 1.165) is 43.6 Å². The molecule has 4 rings (SSSR count). The molecule has 8 heteroatoms. The van der Waals surface area contributed by atoms with E-state index in [1.807, 2.05) is 39.4 Å². The van der Waals surface area contributed by atoms with Gasteiger partial charge < -0.3 is 5.32 Å². The van der Waals surface area contributed by atoms with Gasteiger partial charge in [-0.05, 0) is 55.5 Å². The van der Waals surface area contributed by atoms with Gasteiger partial charge in [0, 0.05) is 38.3 Å². The van der Waals surface area contributed by atoms with Gasteiger partial charge in [0.1, 0.15) is 11.4 Å². The molecule has 2 aromatic rings. The van der Waals surface area contributed by atoms with Crippen molar-refractivity contribution in [1.82, 2.24) is 24.9 Å². The third kappa shape index (κ3) is 4.55. The Morgan fingerprint density at radius 3 is 2.59 bits per heavy atom. The van der Waals surface area contributed by atoms with E-state index >= 15 is 0 Å². The zero-order chi connectivity index (χ0) is 22.9. The fourth-order valence-electron chi connectivity index (χ4n) is 5.08. The number of carbonyl (C=O) groups excluding carboxylic acids is 2. The number of imide groups is 1. The van der Waals surface area contributed by atoms with Gasteiger partial charge in [0.15, 0.2) is 0 Å². The van der Waals surface area contributed by atoms with Crippen LogP contribution in [0.3, 0.4) is 0 Å². The molecule has 1 aromatic heterocycles. The molecule has 0 aliphatic carbocycles. The van der Waals surface area contributed by atoms with Crippen LogP contribution in [0.5, 0.6) is 0 Å². The fourth-order valence-corrected chi connectivity index (χ4v) is 5.08. The average molecular weight is 442 g/mol. The van der Waals surface area contributed by atoms with Gasteiger partial charge in [-0.2, -0.15) is 5.10 Å². The van der Waals surface area contributed by atoms with Crippen LogP contribution in [-0.2, 0) is 24.8 Å². The topological polar surface area (TPSA) is 70.5 Å². The number of likely N-dealkylation sites (tertiary alicyclic amines) is 1. The number of benzene rings is 1. The lowest BCUT2D eigenvalue weighted by molar-refractivity contribution is -0.134. The molecule has 2 saturated heterocycles. The molecule has 1 N–H and O–H groups in total. The molecule has 0 radical (unpaired) electrons. The maximum absolute atomic E-state index is 13.9. The van der Waals surface area contributed by atoms with E-state index < -0.39 is 5.54 Å². The number of halogens is 1. The number of rotatable bonds is 7. The Morgan fingerprint density at radius 1 is 1.22 bits per heavy atom. The number of aryl methyl sites for hydroxylation is 1. The van der Waals surface area contributed by atoms with Gasteiger partial charge in [-0.25, -0.2) is 9.18 Å². The Bertz CT molecular complexity index is 982. The van der Waals surface area contributed by atoms with E-state index in [0.29, 0.717) is 13.0 Å². The molecule has 2 aliphatic heterocycles. The van der Waals surface area contributed by atoms with Gasteiger partial charge >= 0.3 is 6.03 Å². The Labute approximate surface area is 188 Å². The van der Waals surface area contributed by atoms with Crippen molar-refractivity contribution in [3.05, 3.63) is 53.6 Å². The maximum atomic E-state index is 13.9. The summed E-state index contributed by atoms with van der Waals surface area (Å²) in [6.45, 7) is 6.84. The van der Waals surface area contributed by atoms with Crippen LogP contribution in [0, 0.1) is 17.7 Å². The van der Waals surface area contributed by atoms with E-state index in [1.54, 1.807) is 10.7 Å². The molecule has 1 atom stereocenters. The Hall–Kier alpha value is -2.74. The van der Waals surface area contributed by atoms with E-state index in [9.17, 15) is 14.0 Å². The summed E-state index contributed by atoms with van der Waals surface area (Å²) in [7, 11) is 1.91. The van der Waals surface area contributed by atoms with Crippen LogP contribution in [-0.4, -0.2) is 56.7 Å². The maximum Gasteiger partial charge on any atom is 0.325 e. The molecule has 0 bridgehead atoms. The molecule has 0 unspecified atom stereocenters. The van der Waals surface area contributed by atoms with Crippen molar-refractivity contribution in [1.29, 1.82) is 0 Å². The first-order valence-corrected chi connectivity index (χ1v) is 11.4. The van der Waals surface area contributed by atoms with Crippen LogP contribution in [0.1, 0.15) is 37.8 Å². The molecular formula is C24H32FN5O2. The third-order valence-electron chi connectivity index (χ3n) is 6.57. The number of amides is 3. The molecule has 0 spiro atoms. The Kier molecular flexibility index (Phi) is 6.33. The zero-order valence-electron chi connectivity index (χ0n) is 19.1. The monoisotopic (exact) mass is 441 g/mol. The minimum atomic E-state index is -1.03. The van der Waals surface area contributed by atoms with Crippen molar-refractivity contribution in [3.63, 3.8) is 0 Å². The van der Waals surface area contributed by atoms with E-state index in [-0.39, 0.29) is 29.6 Å². The van der Waals surface area contributed by atoms with E-state index in [4.69, 9.17) is 0 Å². The second-order valence-corrected chi connectivity index (χ2v) is 9.59. The van der Waals surface area contributed by atoms with Crippen LogP contribution >= 0.6 is 0 Å². The number of urea groups is 1. The van der Waals surface area contributed by atoms with Gasteiger partial charge in [-0.15, -0.1) is 0 Å². The number of aromatic nitrogens is 2. The van der Waals surface area contributed by atoms with Crippen molar-refractivity contribution in [2.24, 2.45) is 18.9 Å². The third-order valence-corrected chi connectivity index (χ3v) is 6.57. The Balaban J connectivity index is 1.55. The van der Waals surface area contributed by atoms with Crippen molar-refractivity contribution < 1.29 is 14.0 Å². The molecular weight excluding hydrogens is 409 g/mol. The molecule has 7 nitrogen and oxygen atoms in total. The predicted octanol–water partition coefficient (Wildman–Crippen LogP) is 2.96. The first kappa shape index (κ1) is 22.5. The van der Waals surface area contributed by atoms with Crippen molar-refractivity contribution >= 4 is 11.9 Å². The molecule has 3 heterocycles. The lowest BCUT2D eigenvalue weighted by atomic mass is 9.73. The highest BCUT2D eigenvalue weighted by molar-refractivity contribution is 6.07. The van der Waals surface area contributed by atoms with Gasteiger partial charge in [0.25, 0.3) is 5.91 Å². The minimum absolute atomic E-state index is 0.00970. The molecule has 32 heavy (non-hydrogen) atoms. The molecule has 2 aliphatic rings. The van der Waals surface area contributed by atoms with E-state index in [2.05, 4.69) is 15.3 Å².